The van der Waals surface area contributed by atoms with E-state index in [-0.39, 0.29) is 0 Å². The standard InChI is InChI=1S/C4H8N2OTe/c1-2-3-8-6-4(5)7/h2H,1,3H2,(H3,5,6,7)/q+1. The Bertz CT molecular complexity index is 94.0. The van der Waals surface area contributed by atoms with Crippen LogP contribution in [-0.4, -0.2) is 27.2 Å². The predicted molar refractivity (Wildman–Crippen MR) is 33.5 cm³/mol. The Hall–Kier alpha value is -0.200. The summed E-state index contributed by atoms with van der Waals surface area (Å²) in [5.41, 5.74) is 4.78. The number of nitrogens with one attached hydrogen (secondary N) is 1. The molecular formula is C4H8N2OTe+. The Kier molecular flexibility index (Phi) is 4.82. The van der Waals surface area contributed by atoms with Crippen LogP contribution in [0.25, 0.3) is 0 Å². The number of carbonyl (C=O) groups excluding carboxylic acids is 1. The summed E-state index contributed by atoms with van der Waals surface area (Å²) in [6.45, 7) is 3.50. The van der Waals surface area contributed by atoms with Crippen molar-refractivity contribution >= 4 is 27.2 Å². The van der Waals surface area contributed by atoms with Crippen molar-refractivity contribution in [2.45, 2.75) is 4.47 Å². The van der Waals surface area contributed by atoms with Gasteiger partial charge in [0, 0.05) is 0 Å². The van der Waals surface area contributed by atoms with Gasteiger partial charge in [0.2, 0.25) is 0 Å². The molecule has 2 amide bonds. The van der Waals surface area contributed by atoms with Gasteiger partial charge in [-0.25, -0.2) is 0 Å². The van der Waals surface area contributed by atoms with E-state index in [0.29, 0.717) is 0 Å². The molecule has 0 unspecified atom stereocenters. The van der Waals surface area contributed by atoms with Crippen molar-refractivity contribution in [1.29, 1.82) is 0 Å². The molecule has 4 heteroatoms. The molecule has 0 rings (SSSR count). The Morgan fingerprint density at radius 1 is 2.00 bits per heavy atom. The molecule has 0 aromatic rings. The van der Waals surface area contributed by atoms with E-state index in [1.807, 2.05) is 0 Å². The zero-order valence-corrected chi connectivity index (χ0v) is 6.72. The molecule has 0 aliphatic carbocycles. The molecule has 0 saturated carbocycles. The molecule has 0 aliphatic heterocycles. The van der Waals surface area contributed by atoms with Crippen molar-refractivity contribution in [3.8, 4) is 0 Å². The molecule has 0 spiro atoms. The summed E-state index contributed by atoms with van der Waals surface area (Å²) in [5.74, 6) is 0. The number of urea groups is 1. The van der Waals surface area contributed by atoms with Crippen LogP contribution in [0.2, 0.25) is 4.47 Å². The second kappa shape index (κ2) is 4.95. The Balaban J connectivity index is 2.93. The molecule has 3 N–H and O–H groups in total. The van der Waals surface area contributed by atoms with Crippen LogP contribution in [-0.2, 0) is 0 Å². The first-order chi connectivity index (χ1) is 3.77. The van der Waals surface area contributed by atoms with E-state index >= 15 is 0 Å². The average Bonchev–Trinajstić information content (AvgIpc) is 1.66. The van der Waals surface area contributed by atoms with Crippen molar-refractivity contribution in [1.82, 2.24) is 3.57 Å². The Morgan fingerprint density at radius 2 is 2.62 bits per heavy atom. The fourth-order valence-corrected chi connectivity index (χ4v) is 1.15. The number of hydrogen-bond donors (Lipinski definition) is 2. The van der Waals surface area contributed by atoms with E-state index in [2.05, 4.69) is 10.1 Å². The van der Waals surface area contributed by atoms with Crippen LogP contribution in [0.15, 0.2) is 12.7 Å². The van der Waals surface area contributed by atoms with Gasteiger partial charge in [-0.1, -0.05) is 0 Å². The first-order valence-corrected chi connectivity index (χ1v) is 4.87. The Morgan fingerprint density at radius 3 is 3.00 bits per heavy atom. The molecule has 0 aliphatic rings. The molecule has 45 valence electrons. The minimum absolute atomic E-state index is 0.411. The second-order valence-corrected chi connectivity index (χ2v) is 3.42. The number of nitrogens with two attached hydrogens (primary N) is 1. The van der Waals surface area contributed by atoms with Gasteiger partial charge < -0.3 is 0 Å². The van der Waals surface area contributed by atoms with Crippen molar-refractivity contribution in [3.63, 3.8) is 0 Å². The Labute approximate surface area is 58.7 Å². The third kappa shape index (κ3) is 5.80. The summed E-state index contributed by atoms with van der Waals surface area (Å²) >= 11 is -0.411. The molecule has 0 aromatic carbocycles. The zero-order chi connectivity index (χ0) is 6.41. The minimum atomic E-state index is -0.422. The number of rotatable bonds is 3. The number of allylic oxidation sites excluding steroid dienone is 1. The van der Waals surface area contributed by atoms with Crippen LogP contribution in [0, 0.1) is 0 Å². The van der Waals surface area contributed by atoms with Crippen molar-refractivity contribution < 1.29 is 4.79 Å². The van der Waals surface area contributed by atoms with Gasteiger partial charge in [0.05, 0.1) is 0 Å². The molecule has 0 atom stereocenters. The van der Waals surface area contributed by atoms with Gasteiger partial charge in [0.15, 0.2) is 0 Å². The molecule has 1 radical (unpaired) electrons. The second-order valence-electron chi connectivity index (χ2n) is 1.07. The molecule has 0 saturated heterocycles. The topological polar surface area (TPSA) is 55.1 Å². The van der Waals surface area contributed by atoms with Gasteiger partial charge in [-0.3, -0.25) is 0 Å². The molecule has 0 fully saturated rings. The van der Waals surface area contributed by atoms with E-state index in [9.17, 15) is 4.79 Å². The summed E-state index contributed by atoms with van der Waals surface area (Å²) in [6.07, 6.45) is 1.78. The summed E-state index contributed by atoms with van der Waals surface area (Å²) in [5, 5.41) is 0. The molecule has 0 bridgehead atoms. The van der Waals surface area contributed by atoms with E-state index in [4.69, 9.17) is 5.73 Å². The van der Waals surface area contributed by atoms with Crippen LogP contribution in [0.4, 0.5) is 4.79 Å². The summed E-state index contributed by atoms with van der Waals surface area (Å²) < 4.78 is 3.44. The van der Waals surface area contributed by atoms with Crippen LogP contribution in [0.5, 0.6) is 0 Å². The van der Waals surface area contributed by atoms with Crippen molar-refractivity contribution in [3.05, 3.63) is 12.7 Å². The maximum atomic E-state index is 9.98. The van der Waals surface area contributed by atoms with Gasteiger partial charge in [0.1, 0.15) is 0 Å². The van der Waals surface area contributed by atoms with Crippen molar-refractivity contribution in [2.24, 2.45) is 5.73 Å². The van der Waals surface area contributed by atoms with Gasteiger partial charge >= 0.3 is 58.4 Å². The number of hydrogen-bond acceptors (Lipinski definition) is 1. The predicted octanol–water partition coefficient (Wildman–Crippen LogP) is -0.122. The molecule has 8 heavy (non-hydrogen) atoms. The van der Waals surface area contributed by atoms with Crippen LogP contribution in [0.3, 0.4) is 0 Å². The fraction of sp³-hybridized carbons (Fsp3) is 0.250. The monoisotopic (exact) mass is 230 g/mol. The quantitative estimate of drug-likeness (QED) is 0.394. The van der Waals surface area contributed by atoms with E-state index in [0.717, 1.165) is 4.47 Å². The summed E-state index contributed by atoms with van der Waals surface area (Å²) in [7, 11) is 0. The fourth-order valence-electron chi connectivity index (χ4n) is 0.172. The molecule has 0 heterocycles. The van der Waals surface area contributed by atoms with Gasteiger partial charge in [-0.05, 0) is 0 Å². The zero-order valence-electron chi connectivity index (χ0n) is 4.39. The van der Waals surface area contributed by atoms with E-state index < -0.39 is 27.2 Å². The van der Waals surface area contributed by atoms with Gasteiger partial charge in [-0.2, -0.15) is 0 Å². The van der Waals surface area contributed by atoms with Crippen LogP contribution in [0.1, 0.15) is 0 Å². The number of primary amides is 1. The third-order valence-electron chi connectivity index (χ3n) is 0.374. The van der Waals surface area contributed by atoms with Gasteiger partial charge in [0.25, 0.3) is 0 Å². The summed E-state index contributed by atoms with van der Waals surface area (Å²) in [4.78, 5) is 9.98. The molecular weight excluding hydrogens is 220 g/mol. The van der Waals surface area contributed by atoms with Gasteiger partial charge in [-0.15, -0.1) is 0 Å². The third-order valence-corrected chi connectivity index (χ3v) is 2.51. The molecule has 3 nitrogen and oxygen atoms in total. The summed E-state index contributed by atoms with van der Waals surface area (Å²) in [6, 6.07) is -0.422. The van der Waals surface area contributed by atoms with E-state index in [1.165, 1.54) is 0 Å². The SMILES string of the molecule is C=CC[Te+]NC(N)=O. The normalized spacial score (nSPS) is 8.00. The first-order valence-electron chi connectivity index (χ1n) is 2.05. The number of carbonyl (C=O) groups is 1. The first kappa shape index (κ1) is 7.80. The maximum absolute atomic E-state index is 9.98. The average molecular weight is 228 g/mol. The number of amides is 2. The van der Waals surface area contributed by atoms with Crippen molar-refractivity contribution in [2.75, 3.05) is 0 Å². The van der Waals surface area contributed by atoms with Crippen LogP contribution < -0.4 is 9.30 Å². The van der Waals surface area contributed by atoms with E-state index in [1.54, 1.807) is 6.08 Å². The van der Waals surface area contributed by atoms with Crippen LogP contribution >= 0.6 is 0 Å². The molecule has 0 aromatic heterocycles.